The predicted octanol–water partition coefficient (Wildman–Crippen LogP) is -1.40. The first-order valence-electron chi connectivity index (χ1n) is 13.3. The molecule has 0 amide bonds. The number of hydrogen-bond acceptors (Lipinski definition) is 15. The second kappa shape index (κ2) is 11.9. The van der Waals surface area contributed by atoms with Crippen molar-refractivity contribution in [2.75, 3.05) is 13.7 Å². The van der Waals surface area contributed by atoms with Gasteiger partial charge in [0.2, 0.25) is 6.29 Å². The van der Waals surface area contributed by atoms with E-state index in [9.17, 15) is 50.8 Å². The highest BCUT2D eigenvalue weighted by molar-refractivity contribution is 5.88. The average molecular weight is 609 g/mol. The van der Waals surface area contributed by atoms with Gasteiger partial charge in [0, 0.05) is 17.7 Å². The highest BCUT2D eigenvalue weighted by Gasteiger charge is 2.46. The fourth-order valence-electron chi connectivity index (χ4n) is 5.23. The largest absolute Gasteiger partial charge is 0.506 e. The number of hydrogen-bond donors (Lipinski definition) is 9. The van der Waals surface area contributed by atoms with Crippen LogP contribution in [0.1, 0.15) is 18.6 Å². The Kier molecular flexibility index (Phi) is 8.54. The number of benzene rings is 2. The van der Waals surface area contributed by atoms with E-state index in [1.165, 1.54) is 38.3 Å². The molecule has 15 nitrogen and oxygen atoms in total. The van der Waals surface area contributed by atoms with Crippen LogP contribution >= 0.6 is 0 Å². The van der Waals surface area contributed by atoms with Gasteiger partial charge in [-0.2, -0.15) is 0 Å². The second-order valence-electron chi connectivity index (χ2n) is 10.4. The van der Waals surface area contributed by atoms with Crippen molar-refractivity contribution in [3.63, 3.8) is 0 Å². The lowest BCUT2D eigenvalue weighted by Crippen LogP contribution is -2.58. The van der Waals surface area contributed by atoms with Crippen molar-refractivity contribution in [1.82, 2.24) is 0 Å². The third-order valence-corrected chi connectivity index (χ3v) is 7.69. The number of methoxy groups -OCH3 is 1. The summed E-state index contributed by atoms with van der Waals surface area (Å²) >= 11 is 0. The van der Waals surface area contributed by atoms with Gasteiger partial charge in [-0.1, -0.05) is 0 Å². The Bertz CT molecular complexity index is 1540. The number of aliphatic hydroxyl groups is 7. The molecule has 2 aliphatic heterocycles. The molecular formula is C28H32O15. The van der Waals surface area contributed by atoms with Crippen LogP contribution in [0.5, 0.6) is 23.0 Å². The lowest BCUT2D eigenvalue weighted by atomic mass is 9.89. The molecule has 0 spiro atoms. The minimum absolute atomic E-state index is 0.0393. The number of phenolic OH excluding ortho intramolecular Hbond substituents is 2. The van der Waals surface area contributed by atoms with Crippen molar-refractivity contribution in [2.24, 2.45) is 0 Å². The first-order valence-corrected chi connectivity index (χ1v) is 13.3. The summed E-state index contributed by atoms with van der Waals surface area (Å²) in [5.41, 5.74) is -0.896. The quantitative estimate of drug-likeness (QED) is 0.156. The van der Waals surface area contributed by atoms with Gasteiger partial charge < -0.3 is 69.3 Å². The van der Waals surface area contributed by atoms with Crippen LogP contribution in [0.25, 0.3) is 22.3 Å². The lowest BCUT2D eigenvalue weighted by molar-refractivity contribution is -0.268. The number of aliphatic hydroxyl groups excluding tert-OH is 7. The van der Waals surface area contributed by atoms with Crippen molar-refractivity contribution in [3.8, 4) is 34.3 Å². The number of rotatable bonds is 6. The monoisotopic (exact) mass is 608 g/mol. The van der Waals surface area contributed by atoms with Crippen molar-refractivity contribution < 1.29 is 69.3 Å². The summed E-state index contributed by atoms with van der Waals surface area (Å²) in [6.07, 6.45) is -14.7. The summed E-state index contributed by atoms with van der Waals surface area (Å²) in [6.45, 7) is 0.763. The van der Waals surface area contributed by atoms with Crippen LogP contribution in [0.2, 0.25) is 0 Å². The zero-order valence-corrected chi connectivity index (χ0v) is 22.8. The van der Waals surface area contributed by atoms with E-state index in [0.717, 1.165) is 6.07 Å². The summed E-state index contributed by atoms with van der Waals surface area (Å²) in [5, 5.41) is 92.0. The molecule has 0 aliphatic carbocycles. The Hall–Kier alpha value is -3.51. The molecule has 0 radical (unpaired) electrons. The highest BCUT2D eigenvalue weighted by atomic mass is 16.7. The molecule has 3 heterocycles. The van der Waals surface area contributed by atoms with Crippen molar-refractivity contribution in [1.29, 1.82) is 0 Å². The average Bonchev–Trinajstić information content (AvgIpc) is 2.98. The summed E-state index contributed by atoms with van der Waals surface area (Å²) in [6, 6.07) is 6.20. The predicted molar refractivity (Wildman–Crippen MR) is 144 cm³/mol. The topological polar surface area (TPSA) is 249 Å². The van der Waals surface area contributed by atoms with Crippen molar-refractivity contribution in [3.05, 3.63) is 46.1 Å². The van der Waals surface area contributed by atoms with E-state index in [1.807, 2.05) is 0 Å². The number of fused-ring (bicyclic) bond motifs is 1. The summed E-state index contributed by atoms with van der Waals surface area (Å²) < 4.78 is 27.6. The van der Waals surface area contributed by atoms with E-state index in [1.54, 1.807) is 0 Å². The van der Waals surface area contributed by atoms with Crippen molar-refractivity contribution in [2.45, 2.75) is 68.1 Å². The van der Waals surface area contributed by atoms with Gasteiger partial charge in [-0.3, -0.25) is 4.79 Å². The Labute approximate surface area is 242 Å². The van der Waals surface area contributed by atoms with Crippen LogP contribution < -0.4 is 14.9 Å². The zero-order chi connectivity index (χ0) is 31.3. The van der Waals surface area contributed by atoms with Crippen LogP contribution in [0, 0.1) is 0 Å². The molecule has 2 saturated heterocycles. The van der Waals surface area contributed by atoms with Gasteiger partial charge >= 0.3 is 0 Å². The molecule has 10 atom stereocenters. The fourth-order valence-corrected chi connectivity index (χ4v) is 5.23. The number of phenols is 2. The Morgan fingerprint density at radius 1 is 0.837 bits per heavy atom. The van der Waals surface area contributed by atoms with Crippen LogP contribution in [0.4, 0.5) is 0 Å². The molecule has 0 saturated carbocycles. The molecule has 2 fully saturated rings. The number of aromatic hydroxyl groups is 2. The van der Waals surface area contributed by atoms with E-state index >= 15 is 0 Å². The van der Waals surface area contributed by atoms with Crippen LogP contribution in [0.3, 0.4) is 0 Å². The van der Waals surface area contributed by atoms with Crippen LogP contribution in [-0.4, -0.2) is 115 Å². The molecular weight excluding hydrogens is 576 g/mol. The molecule has 9 N–H and O–H groups in total. The molecule has 43 heavy (non-hydrogen) atoms. The first-order chi connectivity index (χ1) is 20.4. The highest BCUT2D eigenvalue weighted by Crippen LogP contribution is 2.45. The fraction of sp³-hybridized carbons (Fsp3) is 0.464. The molecule has 15 heteroatoms. The molecule has 2 aliphatic rings. The normalized spacial score (nSPS) is 33.0. The van der Waals surface area contributed by atoms with E-state index in [2.05, 4.69) is 0 Å². The SMILES string of the molecule is COc1cc2oc(-c3ccc(O[C@@H]4O[C@H](C)[C@H](O)[C@H](O)[C@@H]4O)c(O)c3)cc(=O)c2c(O)c1[C@@H]1O[C@H](CO)[C@@H](O)[C@H](O)[C@H]1O. The minimum Gasteiger partial charge on any atom is -0.506 e. The Morgan fingerprint density at radius 2 is 1.53 bits per heavy atom. The Balaban J connectivity index is 1.49. The number of ether oxygens (including phenoxy) is 4. The maximum atomic E-state index is 13.2. The maximum Gasteiger partial charge on any atom is 0.229 e. The maximum absolute atomic E-state index is 13.2. The van der Waals surface area contributed by atoms with E-state index in [-0.39, 0.29) is 39.4 Å². The minimum atomic E-state index is -1.76. The smallest absolute Gasteiger partial charge is 0.229 e. The van der Waals surface area contributed by atoms with Gasteiger partial charge in [0.15, 0.2) is 16.9 Å². The summed E-state index contributed by atoms with van der Waals surface area (Å²) in [7, 11) is 1.24. The standard InChI is InChI=1S/C28H32O15/c1-9-20(32)23(35)26(38)28(40-9)43-13-4-3-10(5-11(13)30)14-6-12(31)18-16(41-14)7-15(39-2)19(22(18)34)27-25(37)24(36)21(33)17(8-29)42-27/h3-7,9,17,20-21,23-30,32-38H,8H2,1-2H3/t9-,17-,20+,21-,23+,24+,25-,26+,27+,28+/m1/s1. The zero-order valence-electron chi connectivity index (χ0n) is 22.8. The van der Waals surface area contributed by atoms with E-state index in [0.29, 0.717) is 0 Å². The van der Waals surface area contributed by atoms with Gasteiger partial charge in [0.05, 0.1) is 25.4 Å². The van der Waals surface area contributed by atoms with E-state index < -0.39 is 84.8 Å². The lowest BCUT2D eigenvalue weighted by Gasteiger charge is -2.40. The second-order valence-corrected chi connectivity index (χ2v) is 10.4. The first kappa shape index (κ1) is 30.9. The van der Waals surface area contributed by atoms with Gasteiger partial charge in [0.1, 0.15) is 77.1 Å². The molecule has 234 valence electrons. The molecule has 0 bridgehead atoms. The van der Waals surface area contributed by atoms with Crippen LogP contribution in [0.15, 0.2) is 39.5 Å². The van der Waals surface area contributed by atoms with E-state index in [4.69, 9.17) is 23.4 Å². The summed E-state index contributed by atoms with van der Waals surface area (Å²) in [5.74, 6) is -1.41. The third-order valence-electron chi connectivity index (χ3n) is 7.69. The van der Waals surface area contributed by atoms with Gasteiger partial charge in [0.25, 0.3) is 0 Å². The van der Waals surface area contributed by atoms with Gasteiger partial charge in [-0.25, -0.2) is 0 Å². The summed E-state index contributed by atoms with van der Waals surface area (Å²) in [4.78, 5) is 13.2. The third kappa shape index (κ3) is 5.39. The van der Waals surface area contributed by atoms with Crippen LogP contribution in [-0.2, 0) is 9.47 Å². The molecule has 2 aromatic carbocycles. The van der Waals surface area contributed by atoms with Gasteiger partial charge in [-0.05, 0) is 25.1 Å². The molecule has 0 unspecified atom stereocenters. The molecule has 3 aromatic rings. The Morgan fingerprint density at radius 3 is 2.19 bits per heavy atom. The molecule has 5 rings (SSSR count). The van der Waals surface area contributed by atoms with Gasteiger partial charge in [-0.15, -0.1) is 0 Å². The molecule has 1 aromatic heterocycles. The van der Waals surface area contributed by atoms with Crippen molar-refractivity contribution >= 4 is 11.0 Å².